The van der Waals surface area contributed by atoms with Crippen LogP contribution in [0, 0.1) is 5.82 Å². The molecule has 0 radical (unpaired) electrons. The molecule has 26 heavy (non-hydrogen) atoms. The van der Waals surface area contributed by atoms with Crippen LogP contribution in [0.15, 0.2) is 42.5 Å². The molecule has 0 saturated heterocycles. The van der Waals surface area contributed by atoms with Gasteiger partial charge in [-0.2, -0.15) is 0 Å². The molecule has 0 spiro atoms. The van der Waals surface area contributed by atoms with Gasteiger partial charge in [0, 0.05) is 37.0 Å². The molecule has 0 atom stereocenters. The molecule has 1 heterocycles. The minimum Gasteiger partial charge on any atom is -0.383 e. The van der Waals surface area contributed by atoms with Crippen LogP contribution >= 0.6 is 0 Å². The molecule has 0 fully saturated rings. The summed E-state index contributed by atoms with van der Waals surface area (Å²) in [5.41, 5.74) is 2.78. The van der Waals surface area contributed by atoms with Crippen LogP contribution in [0.2, 0.25) is 0 Å². The molecule has 3 rings (SSSR count). The van der Waals surface area contributed by atoms with Crippen molar-refractivity contribution in [3.05, 3.63) is 65.0 Å². The zero-order chi connectivity index (χ0) is 18.5. The van der Waals surface area contributed by atoms with Crippen molar-refractivity contribution in [3.8, 4) is 0 Å². The molecule has 0 aromatic heterocycles. The number of benzene rings is 2. The second kappa shape index (κ2) is 8.10. The SMILES string of the molecule is COCCNC(=O)c1ccc2c(c1)CCCN2C(=O)c1ccc(F)cc1. The van der Waals surface area contributed by atoms with Gasteiger partial charge in [0.2, 0.25) is 0 Å². The fourth-order valence-corrected chi connectivity index (χ4v) is 3.07. The number of nitrogens with zero attached hydrogens (tertiary/aromatic N) is 1. The van der Waals surface area contributed by atoms with Crippen molar-refractivity contribution in [2.75, 3.05) is 31.7 Å². The molecule has 0 saturated carbocycles. The predicted molar refractivity (Wildman–Crippen MR) is 97.0 cm³/mol. The van der Waals surface area contributed by atoms with E-state index in [0.717, 1.165) is 24.1 Å². The van der Waals surface area contributed by atoms with Gasteiger partial charge in [0.1, 0.15) is 5.82 Å². The Morgan fingerprint density at radius 3 is 2.62 bits per heavy atom. The summed E-state index contributed by atoms with van der Waals surface area (Å²) in [6.45, 7) is 1.50. The molecule has 1 aliphatic rings. The van der Waals surface area contributed by atoms with E-state index in [0.29, 0.717) is 30.8 Å². The molecular weight excluding hydrogens is 335 g/mol. The Kier molecular flexibility index (Phi) is 5.63. The Morgan fingerprint density at radius 1 is 1.15 bits per heavy atom. The number of methoxy groups -OCH3 is 1. The third-order valence-corrected chi connectivity index (χ3v) is 4.39. The molecule has 6 heteroatoms. The molecule has 0 bridgehead atoms. The summed E-state index contributed by atoms with van der Waals surface area (Å²) in [6.07, 6.45) is 1.62. The van der Waals surface area contributed by atoms with E-state index in [9.17, 15) is 14.0 Å². The average molecular weight is 356 g/mol. The van der Waals surface area contributed by atoms with Gasteiger partial charge in [-0.1, -0.05) is 0 Å². The van der Waals surface area contributed by atoms with Crippen molar-refractivity contribution in [2.45, 2.75) is 12.8 Å². The highest BCUT2D eigenvalue weighted by molar-refractivity contribution is 6.07. The maximum atomic E-state index is 13.1. The standard InChI is InChI=1S/C20H21FN2O3/c1-26-12-10-22-19(24)16-6-9-18-15(13-16)3-2-11-23(18)20(25)14-4-7-17(21)8-5-14/h4-9,13H,2-3,10-12H2,1H3,(H,22,24). The number of nitrogens with one attached hydrogen (secondary N) is 1. The molecule has 1 aliphatic heterocycles. The summed E-state index contributed by atoms with van der Waals surface area (Å²) < 4.78 is 18.0. The summed E-state index contributed by atoms with van der Waals surface area (Å²) in [5.74, 6) is -0.695. The van der Waals surface area contributed by atoms with E-state index in [2.05, 4.69) is 5.32 Å². The number of amides is 2. The number of carbonyl (C=O) groups is 2. The number of anilines is 1. The maximum absolute atomic E-state index is 13.1. The first-order chi connectivity index (χ1) is 12.6. The second-order valence-electron chi connectivity index (χ2n) is 6.16. The zero-order valence-electron chi connectivity index (χ0n) is 14.6. The first kappa shape index (κ1) is 18.1. The number of aryl methyl sites for hydroxylation is 1. The van der Waals surface area contributed by atoms with Crippen LogP contribution in [-0.4, -0.2) is 38.6 Å². The lowest BCUT2D eigenvalue weighted by molar-refractivity contribution is 0.0936. The van der Waals surface area contributed by atoms with E-state index in [4.69, 9.17) is 4.74 Å². The van der Waals surface area contributed by atoms with Crippen LogP contribution in [0.3, 0.4) is 0 Å². The molecule has 2 aromatic carbocycles. The Balaban J connectivity index is 1.80. The highest BCUT2D eigenvalue weighted by Crippen LogP contribution is 2.29. The lowest BCUT2D eigenvalue weighted by Gasteiger charge is -2.30. The second-order valence-corrected chi connectivity index (χ2v) is 6.16. The summed E-state index contributed by atoms with van der Waals surface area (Å²) in [5, 5.41) is 2.79. The summed E-state index contributed by atoms with van der Waals surface area (Å²) in [4.78, 5) is 26.7. The van der Waals surface area contributed by atoms with Crippen LogP contribution in [-0.2, 0) is 11.2 Å². The Bertz CT molecular complexity index is 805. The quantitative estimate of drug-likeness (QED) is 0.838. The third-order valence-electron chi connectivity index (χ3n) is 4.39. The number of hydrogen-bond acceptors (Lipinski definition) is 3. The zero-order valence-corrected chi connectivity index (χ0v) is 14.6. The molecule has 5 nitrogen and oxygen atoms in total. The lowest BCUT2D eigenvalue weighted by atomic mass is 9.98. The minimum absolute atomic E-state index is 0.160. The first-order valence-electron chi connectivity index (χ1n) is 8.57. The van der Waals surface area contributed by atoms with E-state index in [1.807, 2.05) is 6.07 Å². The normalized spacial score (nSPS) is 13.2. The van der Waals surface area contributed by atoms with Crippen LogP contribution in [0.25, 0.3) is 0 Å². The average Bonchev–Trinajstić information content (AvgIpc) is 2.67. The number of ether oxygens (including phenoxy) is 1. The number of fused-ring (bicyclic) bond motifs is 1. The summed E-state index contributed by atoms with van der Waals surface area (Å²) in [6, 6.07) is 10.9. The van der Waals surface area contributed by atoms with Gasteiger partial charge in [-0.25, -0.2) is 4.39 Å². The van der Waals surface area contributed by atoms with E-state index < -0.39 is 0 Å². The molecule has 0 aliphatic carbocycles. The van der Waals surface area contributed by atoms with Crippen LogP contribution in [0.1, 0.15) is 32.7 Å². The van der Waals surface area contributed by atoms with Crippen molar-refractivity contribution < 1.29 is 18.7 Å². The molecule has 0 unspecified atom stereocenters. The van der Waals surface area contributed by atoms with Gasteiger partial charge in [0.15, 0.2) is 0 Å². The molecule has 2 amide bonds. The summed E-state index contributed by atoms with van der Waals surface area (Å²) >= 11 is 0. The van der Waals surface area contributed by atoms with Crippen molar-refractivity contribution >= 4 is 17.5 Å². The van der Waals surface area contributed by atoms with Gasteiger partial charge >= 0.3 is 0 Å². The maximum Gasteiger partial charge on any atom is 0.258 e. The fraction of sp³-hybridized carbons (Fsp3) is 0.300. The van der Waals surface area contributed by atoms with E-state index in [1.54, 1.807) is 24.1 Å². The van der Waals surface area contributed by atoms with Crippen molar-refractivity contribution in [2.24, 2.45) is 0 Å². The molecular formula is C20H21FN2O3. The number of rotatable bonds is 5. The highest BCUT2D eigenvalue weighted by Gasteiger charge is 2.24. The highest BCUT2D eigenvalue weighted by atomic mass is 19.1. The lowest BCUT2D eigenvalue weighted by Crippen LogP contribution is -2.35. The fourth-order valence-electron chi connectivity index (χ4n) is 3.07. The number of halogens is 1. The molecule has 2 aromatic rings. The van der Waals surface area contributed by atoms with Crippen molar-refractivity contribution in [1.82, 2.24) is 5.32 Å². The van der Waals surface area contributed by atoms with Crippen molar-refractivity contribution in [3.63, 3.8) is 0 Å². The molecule has 136 valence electrons. The number of hydrogen-bond donors (Lipinski definition) is 1. The Labute approximate surface area is 151 Å². The van der Waals surface area contributed by atoms with Gasteiger partial charge in [-0.15, -0.1) is 0 Å². The van der Waals surface area contributed by atoms with E-state index >= 15 is 0 Å². The first-order valence-corrected chi connectivity index (χ1v) is 8.57. The van der Waals surface area contributed by atoms with Gasteiger partial charge in [0.25, 0.3) is 11.8 Å². The van der Waals surface area contributed by atoms with Crippen molar-refractivity contribution in [1.29, 1.82) is 0 Å². The summed E-state index contributed by atoms with van der Waals surface area (Å²) in [7, 11) is 1.58. The minimum atomic E-state index is -0.371. The smallest absolute Gasteiger partial charge is 0.258 e. The van der Waals surface area contributed by atoms with Gasteiger partial charge in [-0.3, -0.25) is 9.59 Å². The Hall–Kier alpha value is -2.73. The largest absolute Gasteiger partial charge is 0.383 e. The van der Waals surface area contributed by atoms with Gasteiger partial charge in [0.05, 0.1) is 6.61 Å². The number of carbonyl (C=O) groups excluding carboxylic acids is 2. The van der Waals surface area contributed by atoms with E-state index in [-0.39, 0.29) is 17.6 Å². The molecule has 1 N–H and O–H groups in total. The van der Waals surface area contributed by atoms with Gasteiger partial charge in [-0.05, 0) is 60.9 Å². The van der Waals surface area contributed by atoms with Crippen LogP contribution in [0.5, 0.6) is 0 Å². The van der Waals surface area contributed by atoms with Gasteiger partial charge < -0.3 is 15.0 Å². The Morgan fingerprint density at radius 2 is 1.88 bits per heavy atom. The van der Waals surface area contributed by atoms with E-state index in [1.165, 1.54) is 24.3 Å². The monoisotopic (exact) mass is 356 g/mol. The third kappa shape index (κ3) is 3.91. The van der Waals surface area contributed by atoms with Crippen LogP contribution in [0.4, 0.5) is 10.1 Å². The topological polar surface area (TPSA) is 58.6 Å². The van der Waals surface area contributed by atoms with Crippen LogP contribution < -0.4 is 10.2 Å². The predicted octanol–water partition coefficient (Wildman–Crippen LogP) is 2.79.